The molecule has 9 heavy (non-hydrogen) atoms. The zero-order valence-corrected chi connectivity index (χ0v) is 7.90. The van der Waals surface area contributed by atoms with Crippen molar-refractivity contribution in [3.8, 4) is 0 Å². The van der Waals surface area contributed by atoms with Gasteiger partial charge in [0.2, 0.25) is 0 Å². The van der Waals surface area contributed by atoms with E-state index < -0.39 is 0 Å². The van der Waals surface area contributed by atoms with E-state index in [4.69, 9.17) is 0 Å². The van der Waals surface area contributed by atoms with Crippen LogP contribution in [0.2, 0.25) is 0 Å². The van der Waals surface area contributed by atoms with E-state index >= 15 is 0 Å². The Bertz CT molecular complexity index is 106. The van der Waals surface area contributed by atoms with E-state index in [1.54, 1.807) is 6.92 Å². The van der Waals surface area contributed by atoms with Gasteiger partial charge >= 0.3 is 69.8 Å². The first kappa shape index (κ1) is 9.22. The molecular weight excluding hydrogens is 195 g/mol. The fraction of sp³-hybridized carbons (Fsp3) is 0.667. The standard InChI is InChI=1S/C6H9O2.Zr/c1-6(8)4-2-3-5-7;/h2-4H2,1H3;. The first-order valence-corrected chi connectivity index (χ1v) is 4.09. The van der Waals surface area contributed by atoms with Crippen molar-refractivity contribution in [2.45, 2.75) is 26.2 Å². The predicted octanol–water partition coefficient (Wildman–Crippen LogP) is 0.819. The molecule has 0 aromatic carbocycles. The number of ketones is 1. The molecule has 0 amide bonds. The summed E-state index contributed by atoms with van der Waals surface area (Å²) >= 11 is 0.950. The molecule has 0 fully saturated rings. The molecule has 0 atom stereocenters. The fourth-order valence-electron chi connectivity index (χ4n) is 0.498. The number of hydrogen-bond donors (Lipinski definition) is 0. The van der Waals surface area contributed by atoms with E-state index in [1.807, 2.05) is 0 Å². The molecule has 0 aliphatic heterocycles. The van der Waals surface area contributed by atoms with Crippen LogP contribution in [0.15, 0.2) is 0 Å². The quantitative estimate of drug-likeness (QED) is 0.679. The van der Waals surface area contributed by atoms with Gasteiger partial charge in [-0.1, -0.05) is 0 Å². The Morgan fingerprint density at radius 2 is 1.89 bits per heavy atom. The van der Waals surface area contributed by atoms with E-state index in [2.05, 4.69) is 0 Å². The Balaban J connectivity index is 3.10. The molecule has 0 heterocycles. The molecule has 49 valence electrons. The third kappa shape index (κ3) is 8.22. The molecule has 0 aliphatic rings. The number of hydrogen-bond acceptors (Lipinski definition) is 2. The van der Waals surface area contributed by atoms with Gasteiger partial charge < -0.3 is 0 Å². The summed E-state index contributed by atoms with van der Waals surface area (Å²) in [4.78, 5) is 20.7. The van der Waals surface area contributed by atoms with E-state index in [1.165, 1.54) is 0 Å². The van der Waals surface area contributed by atoms with E-state index in [-0.39, 0.29) is 9.27 Å². The van der Waals surface area contributed by atoms with Gasteiger partial charge in [0.25, 0.3) is 0 Å². The third-order valence-electron chi connectivity index (χ3n) is 0.933. The van der Waals surface area contributed by atoms with Crippen LogP contribution < -0.4 is 0 Å². The molecule has 3 heteroatoms. The zero-order chi connectivity index (χ0) is 7.28. The van der Waals surface area contributed by atoms with Gasteiger partial charge in [0.1, 0.15) is 0 Å². The van der Waals surface area contributed by atoms with Crippen molar-refractivity contribution < 1.29 is 34.3 Å². The zero-order valence-electron chi connectivity index (χ0n) is 5.44. The molecule has 0 saturated carbocycles. The van der Waals surface area contributed by atoms with Gasteiger partial charge in [-0.2, -0.15) is 0 Å². The van der Waals surface area contributed by atoms with Gasteiger partial charge in [-0.05, 0) is 0 Å². The van der Waals surface area contributed by atoms with Gasteiger partial charge in [0, 0.05) is 0 Å². The third-order valence-corrected chi connectivity index (χ3v) is 1.55. The van der Waals surface area contributed by atoms with Gasteiger partial charge in [-0.3, -0.25) is 0 Å². The maximum absolute atomic E-state index is 10.4. The number of Topliss-reactive ketones (excluding diaryl/α,β-unsaturated/α-hetero) is 1. The second-order valence-corrected chi connectivity index (χ2v) is 3.35. The van der Waals surface area contributed by atoms with Gasteiger partial charge in [0.05, 0.1) is 0 Å². The van der Waals surface area contributed by atoms with Gasteiger partial charge in [-0.15, -0.1) is 0 Å². The average Bonchev–Trinajstić information content (AvgIpc) is 1.63. The molecule has 0 aliphatic carbocycles. The van der Waals surface area contributed by atoms with Crippen LogP contribution in [0.25, 0.3) is 0 Å². The molecule has 0 radical (unpaired) electrons. The van der Waals surface area contributed by atoms with Crippen molar-refractivity contribution in [3.05, 3.63) is 0 Å². The molecule has 0 aromatic rings. The second-order valence-electron chi connectivity index (χ2n) is 1.98. The Labute approximate surface area is 69.9 Å². The monoisotopic (exact) mass is 203 g/mol. The Morgan fingerprint density at radius 3 is 2.22 bits per heavy atom. The van der Waals surface area contributed by atoms with Crippen LogP contribution >= 0.6 is 0 Å². The minimum absolute atomic E-state index is 0.173. The average molecular weight is 204 g/mol. The summed E-state index contributed by atoms with van der Waals surface area (Å²) in [6, 6.07) is 0. The Kier molecular flexibility index (Phi) is 5.17. The molecule has 0 N–H and O–H groups in total. The molecule has 0 spiro atoms. The summed E-state index contributed by atoms with van der Waals surface area (Å²) in [5.41, 5.74) is 0. The van der Waals surface area contributed by atoms with Crippen LogP contribution in [0.1, 0.15) is 26.2 Å². The molecule has 0 unspecified atom stereocenters. The number of carbonyl (C=O) groups excluding carboxylic acids is 2. The van der Waals surface area contributed by atoms with Crippen LogP contribution in [0, 0.1) is 0 Å². The summed E-state index contributed by atoms with van der Waals surface area (Å²) in [6.07, 6.45) is 1.87. The summed E-state index contributed by atoms with van der Waals surface area (Å²) in [5, 5.41) is 0. The molecule has 0 bridgehead atoms. The summed E-state index contributed by atoms with van der Waals surface area (Å²) < 4.78 is 0.253. The molecule has 0 rings (SSSR count). The van der Waals surface area contributed by atoms with Crippen LogP contribution in [0.4, 0.5) is 0 Å². The Morgan fingerprint density at radius 1 is 1.33 bits per heavy atom. The second kappa shape index (κ2) is 5.04. The first-order chi connectivity index (χ1) is 4.13. The first-order valence-electron chi connectivity index (χ1n) is 2.87. The summed E-state index contributed by atoms with van der Waals surface area (Å²) in [7, 11) is 0. The van der Waals surface area contributed by atoms with E-state index in [0.29, 0.717) is 12.8 Å². The van der Waals surface area contributed by atoms with E-state index in [0.717, 1.165) is 31.1 Å². The molecule has 0 saturated heterocycles. The number of carbonyl (C=O) groups is 2. The SMILES string of the molecule is CC(=O)CCC[C](=O)[Zr]. The Hall–Kier alpha value is 0.223. The summed E-state index contributed by atoms with van der Waals surface area (Å²) in [5.74, 6) is 0.173. The van der Waals surface area contributed by atoms with Crippen LogP contribution in [0.3, 0.4) is 0 Å². The minimum atomic E-state index is 0.173. The molecular formula is C6H9O2Zr. The van der Waals surface area contributed by atoms with Crippen molar-refractivity contribution in [2.24, 2.45) is 0 Å². The predicted molar refractivity (Wildman–Crippen MR) is 29.5 cm³/mol. The van der Waals surface area contributed by atoms with Crippen molar-refractivity contribution >= 4 is 9.27 Å². The van der Waals surface area contributed by atoms with Crippen molar-refractivity contribution in [1.29, 1.82) is 0 Å². The maximum atomic E-state index is 10.4. The van der Waals surface area contributed by atoms with Gasteiger partial charge in [0.15, 0.2) is 0 Å². The van der Waals surface area contributed by atoms with Gasteiger partial charge in [-0.25, -0.2) is 0 Å². The van der Waals surface area contributed by atoms with Crippen LogP contribution in [-0.2, 0) is 34.3 Å². The van der Waals surface area contributed by atoms with Crippen molar-refractivity contribution in [1.82, 2.24) is 0 Å². The molecule has 2 nitrogen and oxygen atoms in total. The summed E-state index contributed by atoms with van der Waals surface area (Å²) in [6.45, 7) is 1.55. The topological polar surface area (TPSA) is 34.1 Å². The van der Waals surface area contributed by atoms with E-state index in [9.17, 15) is 9.59 Å². The van der Waals surface area contributed by atoms with Crippen molar-refractivity contribution in [2.75, 3.05) is 0 Å². The normalized spacial score (nSPS) is 8.89. The van der Waals surface area contributed by atoms with Crippen LogP contribution in [-0.4, -0.2) is 9.27 Å². The molecule has 0 aromatic heterocycles. The van der Waals surface area contributed by atoms with Crippen molar-refractivity contribution in [3.63, 3.8) is 0 Å². The van der Waals surface area contributed by atoms with Crippen LogP contribution in [0.5, 0.6) is 0 Å². The fourth-order valence-corrected chi connectivity index (χ4v) is 0.932. The number of rotatable bonds is 4.